The molecule has 0 aliphatic heterocycles. The number of aliphatic carboxylic acids is 1. The lowest BCUT2D eigenvalue weighted by Gasteiger charge is -2.09. The van der Waals surface area contributed by atoms with Crippen molar-refractivity contribution < 1.29 is 14.7 Å². The van der Waals surface area contributed by atoms with Crippen molar-refractivity contribution in [2.75, 3.05) is 27.2 Å². The van der Waals surface area contributed by atoms with E-state index in [0.29, 0.717) is 11.4 Å². The fraction of sp³-hybridized carbons (Fsp3) is 0.467. The number of unbranched alkanes of at least 4 members (excludes halogenated alkanes) is 1. The summed E-state index contributed by atoms with van der Waals surface area (Å²) in [5, 5.41) is 11.5. The minimum Gasteiger partial charge on any atom is -0.478 e. The molecule has 0 fully saturated rings. The van der Waals surface area contributed by atoms with Gasteiger partial charge in [0.25, 0.3) is 5.91 Å². The number of carboxylic acid groups (broad SMARTS) is 1. The van der Waals surface area contributed by atoms with Crippen molar-refractivity contribution in [2.24, 2.45) is 0 Å². The van der Waals surface area contributed by atoms with E-state index in [1.165, 1.54) is 17.4 Å². The third kappa shape index (κ3) is 6.55. The third-order valence-corrected chi connectivity index (χ3v) is 4.08. The zero-order valence-corrected chi connectivity index (χ0v) is 13.5. The van der Waals surface area contributed by atoms with Crippen LogP contribution < -0.4 is 5.32 Å². The van der Waals surface area contributed by atoms with Crippen LogP contribution in [0.15, 0.2) is 12.1 Å². The van der Waals surface area contributed by atoms with Gasteiger partial charge in [-0.3, -0.25) is 4.79 Å². The van der Waals surface area contributed by atoms with Crippen molar-refractivity contribution in [2.45, 2.75) is 19.8 Å². The number of hydrogen-bond donors (Lipinski definition) is 2. The summed E-state index contributed by atoms with van der Waals surface area (Å²) in [6.45, 7) is 3.54. The van der Waals surface area contributed by atoms with Crippen molar-refractivity contribution >= 4 is 29.3 Å². The lowest BCUT2D eigenvalue weighted by molar-refractivity contribution is -0.131. The topological polar surface area (TPSA) is 69.6 Å². The first-order valence-corrected chi connectivity index (χ1v) is 7.66. The van der Waals surface area contributed by atoms with E-state index < -0.39 is 5.97 Å². The second-order valence-corrected chi connectivity index (χ2v) is 6.18. The summed E-state index contributed by atoms with van der Waals surface area (Å²) in [5.74, 6) is -1.09. The minimum absolute atomic E-state index is 0.0945. The summed E-state index contributed by atoms with van der Waals surface area (Å²) < 4.78 is 0. The molecular formula is C15H22N2O3S. The van der Waals surface area contributed by atoms with E-state index in [1.54, 1.807) is 6.07 Å². The van der Waals surface area contributed by atoms with Gasteiger partial charge in [0.15, 0.2) is 0 Å². The largest absolute Gasteiger partial charge is 0.478 e. The monoisotopic (exact) mass is 310 g/mol. The van der Waals surface area contributed by atoms with Gasteiger partial charge in [-0.1, -0.05) is 0 Å². The Morgan fingerprint density at radius 2 is 2.10 bits per heavy atom. The van der Waals surface area contributed by atoms with Crippen molar-refractivity contribution in [3.63, 3.8) is 0 Å². The van der Waals surface area contributed by atoms with Crippen LogP contribution in [0.5, 0.6) is 0 Å². The van der Waals surface area contributed by atoms with E-state index in [-0.39, 0.29) is 5.91 Å². The summed E-state index contributed by atoms with van der Waals surface area (Å²) in [5.41, 5.74) is 0.912. The van der Waals surface area contributed by atoms with Crippen LogP contribution in [0.3, 0.4) is 0 Å². The summed E-state index contributed by atoms with van der Waals surface area (Å²) >= 11 is 1.31. The predicted octanol–water partition coefficient (Wildman–Crippen LogP) is 2.23. The zero-order valence-electron chi connectivity index (χ0n) is 12.7. The number of aryl methyl sites for hydroxylation is 1. The van der Waals surface area contributed by atoms with Gasteiger partial charge < -0.3 is 15.3 Å². The molecule has 0 radical (unpaired) electrons. The molecule has 0 aliphatic rings. The highest BCUT2D eigenvalue weighted by atomic mass is 32.1. The van der Waals surface area contributed by atoms with E-state index in [1.807, 2.05) is 21.0 Å². The highest BCUT2D eigenvalue weighted by Crippen LogP contribution is 2.23. The molecule has 1 aromatic heterocycles. The summed E-state index contributed by atoms with van der Waals surface area (Å²) in [6, 6.07) is 1.79. The van der Waals surface area contributed by atoms with E-state index in [0.717, 1.165) is 35.9 Å². The predicted molar refractivity (Wildman–Crippen MR) is 85.8 cm³/mol. The van der Waals surface area contributed by atoms with Crippen LogP contribution in [-0.2, 0) is 4.79 Å². The van der Waals surface area contributed by atoms with E-state index >= 15 is 0 Å². The maximum Gasteiger partial charge on any atom is 0.328 e. The number of amides is 1. The Balaban J connectivity index is 2.48. The smallest absolute Gasteiger partial charge is 0.328 e. The second kappa shape index (κ2) is 8.59. The first-order chi connectivity index (χ1) is 9.90. The van der Waals surface area contributed by atoms with Crippen LogP contribution in [0.4, 0.5) is 0 Å². The number of carboxylic acids is 1. The van der Waals surface area contributed by atoms with Crippen molar-refractivity contribution in [3.05, 3.63) is 27.5 Å². The number of carbonyl (C=O) groups excluding carboxylic acids is 1. The molecule has 0 bridgehead atoms. The van der Waals surface area contributed by atoms with Crippen molar-refractivity contribution in [1.82, 2.24) is 10.2 Å². The summed E-state index contributed by atoms with van der Waals surface area (Å²) in [4.78, 5) is 26.0. The normalized spacial score (nSPS) is 11.2. The van der Waals surface area contributed by atoms with Crippen molar-refractivity contribution in [3.8, 4) is 0 Å². The van der Waals surface area contributed by atoms with Gasteiger partial charge in [-0.25, -0.2) is 4.79 Å². The average molecular weight is 310 g/mol. The van der Waals surface area contributed by atoms with Crippen LogP contribution in [0.2, 0.25) is 0 Å². The molecule has 116 valence electrons. The van der Waals surface area contributed by atoms with E-state index in [9.17, 15) is 9.59 Å². The Morgan fingerprint density at radius 3 is 2.71 bits per heavy atom. The molecule has 1 aromatic rings. The van der Waals surface area contributed by atoms with Crippen molar-refractivity contribution in [1.29, 1.82) is 0 Å². The molecule has 0 aromatic carbocycles. The number of nitrogens with one attached hydrogen (secondary N) is 1. The lowest BCUT2D eigenvalue weighted by atomic mass is 10.2. The van der Waals surface area contributed by atoms with Gasteiger partial charge in [-0.15, -0.1) is 11.3 Å². The Kier molecular flexibility index (Phi) is 7.11. The fourth-order valence-electron chi connectivity index (χ4n) is 1.76. The third-order valence-electron chi connectivity index (χ3n) is 2.87. The molecule has 1 rings (SSSR count). The molecule has 0 unspecified atom stereocenters. The maximum atomic E-state index is 12.0. The number of hydrogen-bond acceptors (Lipinski definition) is 4. The SMILES string of the molecule is Cc1cc(C(=O)NCCCCN(C)C)sc1/C=C/C(=O)O. The van der Waals surface area contributed by atoms with Gasteiger partial charge in [0, 0.05) is 17.5 Å². The van der Waals surface area contributed by atoms with Gasteiger partial charge in [0.1, 0.15) is 0 Å². The highest BCUT2D eigenvalue weighted by Gasteiger charge is 2.10. The molecule has 0 aliphatic carbocycles. The van der Waals surface area contributed by atoms with Gasteiger partial charge in [-0.2, -0.15) is 0 Å². The maximum absolute atomic E-state index is 12.0. The molecule has 0 spiro atoms. The molecule has 21 heavy (non-hydrogen) atoms. The van der Waals surface area contributed by atoms with Gasteiger partial charge in [0.05, 0.1) is 4.88 Å². The number of nitrogens with zero attached hydrogens (tertiary/aromatic N) is 1. The molecule has 0 atom stereocenters. The molecule has 1 amide bonds. The Labute approximate surface area is 129 Å². The standard InChI is InChI=1S/C15H22N2O3S/c1-11-10-13(21-12(11)6-7-14(18)19)15(20)16-8-4-5-9-17(2)3/h6-7,10H,4-5,8-9H2,1-3H3,(H,16,20)(H,18,19)/b7-6+. The molecular weight excluding hydrogens is 288 g/mol. The zero-order chi connectivity index (χ0) is 15.8. The van der Waals surface area contributed by atoms with E-state index in [2.05, 4.69) is 10.2 Å². The molecule has 1 heterocycles. The Bertz CT molecular complexity index is 521. The molecule has 6 heteroatoms. The van der Waals surface area contributed by atoms with Crippen LogP contribution in [0.25, 0.3) is 6.08 Å². The number of rotatable bonds is 8. The molecule has 5 nitrogen and oxygen atoms in total. The lowest BCUT2D eigenvalue weighted by Crippen LogP contribution is -2.24. The number of carbonyl (C=O) groups is 2. The molecule has 0 saturated heterocycles. The van der Waals surface area contributed by atoms with Crippen LogP contribution in [0.1, 0.15) is 33.0 Å². The summed E-state index contributed by atoms with van der Waals surface area (Å²) in [7, 11) is 4.05. The second-order valence-electron chi connectivity index (χ2n) is 5.10. The fourth-order valence-corrected chi connectivity index (χ4v) is 2.76. The summed E-state index contributed by atoms with van der Waals surface area (Å²) in [6.07, 6.45) is 4.60. The van der Waals surface area contributed by atoms with Crippen LogP contribution in [0, 0.1) is 6.92 Å². The minimum atomic E-state index is -0.991. The average Bonchev–Trinajstić information content (AvgIpc) is 2.77. The molecule has 0 saturated carbocycles. The molecule has 2 N–H and O–H groups in total. The number of thiophene rings is 1. The quantitative estimate of drug-likeness (QED) is 0.570. The first-order valence-electron chi connectivity index (χ1n) is 6.84. The highest BCUT2D eigenvalue weighted by molar-refractivity contribution is 7.15. The van der Waals surface area contributed by atoms with Gasteiger partial charge >= 0.3 is 5.97 Å². The first kappa shape index (κ1) is 17.4. The van der Waals surface area contributed by atoms with Gasteiger partial charge in [-0.05, 0) is 58.1 Å². The van der Waals surface area contributed by atoms with Gasteiger partial charge in [0.2, 0.25) is 0 Å². The Morgan fingerprint density at radius 1 is 1.38 bits per heavy atom. The Hall–Kier alpha value is -1.66. The van der Waals surface area contributed by atoms with E-state index in [4.69, 9.17) is 5.11 Å². The van der Waals surface area contributed by atoms with Crippen LogP contribution in [-0.4, -0.2) is 49.1 Å². The van der Waals surface area contributed by atoms with Crippen LogP contribution >= 0.6 is 11.3 Å².